The summed E-state index contributed by atoms with van der Waals surface area (Å²) in [5, 5.41) is 8.68. The zero-order valence-electron chi connectivity index (χ0n) is 10.7. The molecule has 0 bridgehead atoms. The summed E-state index contributed by atoms with van der Waals surface area (Å²) in [6.45, 7) is 1.30. The van der Waals surface area contributed by atoms with E-state index in [1.54, 1.807) is 0 Å². The molecule has 1 aromatic heterocycles. The average molecular weight is 308 g/mol. The standard InChI is InChI=1S/C12H9F5N2O2/c1-2-21-8(20)3-7-9(12(15,16)17)6(4-18)5-19-10(7)11(13)14/h5,11H,2-3H2,1H3. The van der Waals surface area contributed by atoms with E-state index in [4.69, 9.17) is 5.26 Å². The van der Waals surface area contributed by atoms with Crippen LogP contribution in [-0.2, 0) is 22.1 Å². The molecule has 0 N–H and O–H groups in total. The predicted molar refractivity (Wildman–Crippen MR) is 59.2 cm³/mol. The number of halogens is 5. The van der Waals surface area contributed by atoms with Crippen LogP contribution < -0.4 is 0 Å². The molecule has 4 nitrogen and oxygen atoms in total. The molecule has 0 fully saturated rings. The predicted octanol–water partition coefficient (Wildman–Crippen LogP) is 3.02. The Morgan fingerprint density at radius 3 is 2.52 bits per heavy atom. The first-order chi connectivity index (χ1) is 9.72. The van der Waals surface area contributed by atoms with Crippen LogP contribution in [0.5, 0.6) is 0 Å². The third-order valence-corrected chi connectivity index (χ3v) is 2.45. The van der Waals surface area contributed by atoms with Gasteiger partial charge in [0.15, 0.2) is 0 Å². The van der Waals surface area contributed by atoms with E-state index in [2.05, 4.69) is 9.72 Å². The maximum Gasteiger partial charge on any atom is 0.418 e. The number of carbonyl (C=O) groups is 1. The first-order valence-corrected chi connectivity index (χ1v) is 5.65. The summed E-state index contributed by atoms with van der Waals surface area (Å²) in [6.07, 6.45) is -9.01. The number of ether oxygens (including phenoxy) is 1. The van der Waals surface area contributed by atoms with E-state index in [0.29, 0.717) is 6.20 Å². The number of pyridine rings is 1. The molecule has 9 heteroatoms. The molecule has 1 rings (SSSR count). The Morgan fingerprint density at radius 1 is 1.48 bits per heavy atom. The van der Waals surface area contributed by atoms with Gasteiger partial charge in [-0.25, -0.2) is 8.78 Å². The lowest BCUT2D eigenvalue weighted by molar-refractivity contribution is -0.143. The molecule has 0 saturated carbocycles. The van der Waals surface area contributed by atoms with Crippen molar-refractivity contribution in [3.63, 3.8) is 0 Å². The maximum atomic E-state index is 13.0. The summed E-state index contributed by atoms with van der Waals surface area (Å²) in [5.74, 6) is -1.11. The smallest absolute Gasteiger partial charge is 0.418 e. The van der Waals surface area contributed by atoms with E-state index < -0.39 is 47.4 Å². The molecular weight excluding hydrogens is 299 g/mol. The van der Waals surface area contributed by atoms with Crippen LogP contribution in [0.25, 0.3) is 0 Å². The van der Waals surface area contributed by atoms with E-state index in [1.807, 2.05) is 0 Å². The van der Waals surface area contributed by atoms with Gasteiger partial charge in [-0.2, -0.15) is 18.4 Å². The molecule has 0 aliphatic heterocycles. The molecular formula is C12H9F5N2O2. The first-order valence-electron chi connectivity index (χ1n) is 5.65. The van der Waals surface area contributed by atoms with E-state index in [9.17, 15) is 26.7 Å². The fraction of sp³-hybridized carbons (Fsp3) is 0.417. The molecule has 0 atom stereocenters. The number of aromatic nitrogens is 1. The third-order valence-electron chi connectivity index (χ3n) is 2.45. The van der Waals surface area contributed by atoms with Crippen molar-refractivity contribution < 1.29 is 31.5 Å². The van der Waals surface area contributed by atoms with Crippen molar-refractivity contribution in [3.8, 4) is 6.07 Å². The van der Waals surface area contributed by atoms with Gasteiger partial charge in [-0.3, -0.25) is 9.78 Å². The van der Waals surface area contributed by atoms with Gasteiger partial charge in [0.25, 0.3) is 6.43 Å². The van der Waals surface area contributed by atoms with Crippen molar-refractivity contribution in [3.05, 3.63) is 28.6 Å². The Kier molecular flexibility index (Phi) is 5.18. The lowest BCUT2D eigenvalue weighted by atomic mass is 9.98. The molecule has 0 aromatic carbocycles. The number of rotatable bonds is 4. The molecule has 1 aromatic rings. The number of esters is 1. The molecule has 0 saturated heterocycles. The SMILES string of the molecule is CCOC(=O)Cc1c(C(F)F)ncc(C#N)c1C(F)(F)F. The van der Waals surface area contributed by atoms with Gasteiger partial charge in [0, 0.05) is 11.8 Å². The summed E-state index contributed by atoms with van der Waals surface area (Å²) in [6, 6.07) is 1.23. The van der Waals surface area contributed by atoms with Gasteiger partial charge in [-0.15, -0.1) is 0 Å². The topological polar surface area (TPSA) is 63.0 Å². The number of alkyl halides is 5. The Bertz CT molecular complexity index is 578. The number of nitriles is 1. The van der Waals surface area contributed by atoms with Gasteiger partial charge >= 0.3 is 12.1 Å². The zero-order chi connectivity index (χ0) is 16.2. The summed E-state index contributed by atoms with van der Waals surface area (Å²) in [4.78, 5) is 14.5. The molecule has 114 valence electrons. The quantitative estimate of drug-likeness (QED) is 0.633. The minimum atomic E-state index is -5.07. The first kappa shape index (κ1) is 16.8. The lowest BCUT2D eigenvalue weighted by Gasteiger charge is -2.16. The van der Waals surface area contributed by atoms with Crippen molar-refractivity contribution >= 4 is 5.97 Å². The van der Waals surface area contributed by atoms with Gasteiger partial charge in [-0.05, 0) is 6.92 Å². The number of carbonyl (C=O) groups excluding carboxylic acids is 1. The summed E-state index contributed by atoms with van der Waals surface area (Å²) < 4.78 is 69.1. The molecule has 0 amide bonds. The summed E-state index contributed by atoms with van der Waals surface area (Å²) in [7, 11) is 0. The second kappa shape index (κ2) is 6.47. The fourth-order valence-corrected chi connectivity index (χ4v) is 1.70. The van der Waals surface area contributed by atoms with Gasteiger partial charge in [0.1, 0.15) is 11.8 Å². The lowest BCUT2D eigenvalue weighted by Crippen LogP contribution is -2.19. The minimum absolute atomic E-state index is 0.116. The molecule has 0 aliphatic rings. The Labute approximate surface area is 116 Å². The van der Waals surface area contributed by atoms with Crippen molar-refractivity contribution in [1.29, 1.82) is 5.26 Å². The molecule has 1 heterocycles. The highest BCUT2D eigenvalue weighted by atomic mass is 19.4. The van der Waals surface area contributed by atoms with Crippen molar-refractivity contribution in [2.45, 2.75) is 25.9 Å². The number of hydrogen-bond acceptors (Lipinski definition) is 4. The fourth-order valence-electron chi connectivity index (χ4n) is 1.70. The second-order valence-corrected chi connectivity index (χ2v) is 3.80. The molecule has 0 spiro atoms. The summed E-state index contributed by atoms with van der Waals surface area (Å²) in [5.41, 5.74) is -4.72. The minimum Gasteiger partial charge on any atom is -0.466 e. The van der Waals surface area contributed by atoms with Crippen LogP contribution in [0.15, 0.2) is 6.20 Å². The van der Waals surface area contributed by atoms with Crippen LogP contribution >= 0.6 is 0 Å². The molecule has 21 heavy (non-hydrogen) atoms. The largest absolute Gasteiger partial charge is 0.466 e. The monoisotopic (exact) mass is 308 g/mol. The normalized spacial score (nSPS) is 11.3. The van der Waals surface area contributed by atoms with Crippen LogP contribution in [0.3, 0.4) is 0 Å². The van der Waals surface area contributed by atoms with Crippen LogP contribution in [0.2, 0.25) is 0 Å². The van der Waals surface area contributed by atoms with Crippen molar-refractivity contribution in [1.82, 2.24) is 4.98 Å². The van der Waals surface area contributed by atoms with Crippen LogP contribution in [0, 0.1) is 11.3 Å². The van der Waals surface area contributed by atoms with Gasteiger partial charge in [0.2, 0.25) is 0 Å². The van der Waals surface area contributed by atoms with Gasteiger partial charge in [-0.1, -0.05) is 0 Å². The van der Waals surface area contributed by atoms with E-state index in [1.165, 1.54) is 13.0 Å². The highest BCUT2D eigenvalue weighted by Gasteiger charge is 2.39. The van der Waals surface area contributed by atoms with Crippen molar-refractivity contribution in [2.75, 3.05) is 6.61 Å². The van der Waals surface area contributed by atoms with E-state index in [0.717, 1.165) is 0 Å². The van der Waals surface area contributed by atoms with E-state index in [-0.39, 0.29) is 6.61 Å². The van der Waals surface area contributed by atoms with Crippen molar-refractivity contribution in [2.24, 2.45) is 0 Å². The van der Waals surface area contributed by atoms with Crippen LogP contribution in [-0.4, -0.2) is 17.6 Å². The third kappa shape index (κ3) is 3.87. The van der Waals surface area contributed by atoms with Crippen LogP contribution in [0.4, 0.5) is 22.0 Å². The Hall–Kier alpha value is -2.24. The van der Waals surface area contributed by atoms with Gasteiger partial charge in [0.05, 0.1) is 24.2 Å². The Morgan fingerprint density at radius 2 is 2.10 bits per heavy atom. The molecule has 0 aliphatic carbocycles. The number of hydrogen-bond donors (Lipinski definition) is 0. The maximum absolute atomic E-state index is 13.0. The van der Waals surface area contributed by atoms with E-state index >= 15 is 0 Å². The van der Waals surface area contributed by atoms with Crippen LogP contribution in [0.1, 0.15) is 35.7 Å². The molecule has 0 unspecified atom stereocenters. The second-order valence-electron chi connectivity index (χ2n) is 3.80. The highest BCUT2D eigenvalue weighted by molar-refractivity contribution is 5.74. The van der Waals surface area contributed by atoms with Gasteiger partial charge < -0.3 is 4.74 Å². The average Bonchev–Trinajstić information content (AvgIpc) is 2.36. The zero-order valence-corrected chi connectivity index (χ0v) is 10.7. The highest BCUT2D eigenvalue weighted by Crippen LogP contribution is 2.37. The summed E-state index contributed by atoms with van der Waals surface area (Å²) >= 11 is 0. The Balaban J connectivity index is 3.53. The number of nitrogens with zero attached hydrogens (tertiary/aromatic N) is 2. The molecule has 0 radical (unpaired) electrons.